The molecular weight excluding hydrogens is 286 g/mol. The second kappa shape index (κ2) is 6.89. The van der Waals surface area contributed by atoms with E-state index in [1.807, 2.05) is 6.92 Å². The van der Waals surface area contributed by atoms with Gasteiger partial charge in [0.05, 0.1) is 0 Å². The van der Waals surface area contributed by atoms with E-state index in [2.05, 4.69) is 41.7 Å². The van der Waals surface area contributed by atoms with Gasteiger partial charge in [-0.25, -0.2) is 5.84 Å². The van der Waals surface area contributed by atoms with Crippen LogP contribution in [0, 0.1) is 6.92 Å². The van der Waals surface area contributed by atoms with Crippen LogP contribution in [0.4, 0.5) is 0 Å². The topological polar surface area (TPSA) is 71.5 Å². The molecule has 0 aliphatic heterocycles. The van der Waals surface area contributed by atoms with E-state index in [-0.39, 0.29) is 5.76 Å². The van der Waals surface area contributed by atoms with E-state index < -0.39 is 5.91 Å². The highest BCUT2D eigenvalue weighted by Gasteiger charge is 2.18. The van der Waals surface area contributed by atoms with Crippen LogP contribution in [0.25, 0.3) is 0 Å². The summed E-state index contributed by atoms with van der Waals surface area (Å²) in [5, 5.41) is 2.08. The number of hydrazine groups is 1. The van der Waals surface area contributed by atoms with Crippen molar-refractivity contribution in [1.29, 1.82) is 0 Å². The van der Waals surface area contributed by atoms with Gasteiger partial charge in [0, 0.05) is 29.6 Å². The molecule has 0 unspecified atom stereocenters. The first-order valence-corrected chi connectivity index (χ1v) is 7.76. The zero-order valence-electron chi connectivity index (χ0n) is 12.6. The van der Waals surface area contributed by atoms with E-state index in [1.165, 1.54) is 4.88 Å². The summed E-state index contributed by atoms with van der Waals surface area (Å²) in [7, 11) is 0. The van der Waals surface area contributed by atoms with Crippen molar-refractivity contribution in [1.82, 2.24) is 10.3 Å². The lowest BCUT2D eigenvalue weighted by molar-refractivity contribution is 0.0924. The van der Waals surface area contributed by atoms with Crippen LogP contribution in [-0.4, -0.2) is 16.8 Å². The molecule has 2 heterocycles. The van der Waals surface area contributed by atoms with Crippen molar-refractivity contribution in [3.05, 3.63) is 45.5 Å². The van der Waals surface area contributed by atoms with E-state index in [0.717, 1.165) is 24.4 Å². The molecule has 0 aromatic carbocycles. The van der Waals surface area contributed by atoms with Crippen molar-refractivity contribution in [3.63, 3.8) is 0 Å². The summed E-state index contributed by atoms with van der Waals surface area (Å²) in [6, 6.07) is 6.36. The zero-order valence-corrected chi connectivity index (χ0v) is 13.4. The molecule has 3 N–H and O–H groups in total. The minimum absolute atomic E-state index is 0.254. The summed E-state index contributed by atoms with van der Waals surface area (Å²) in [5.74, 6) is 5.74. The molecule has 0 bridgehead atoms. The van der Waals surface area contributed by atoms with Gasteiger partial charge >= 0.3 is 5.91 Å². The summed E-state index contributed by atoms with van der Waals surface area (Å²) >= 11 is 1.75. The Hall–Kier alpha value is -1.63. The number of nitrogens with two attached hydrogens (primary N) is 1. The fourth-order valence-electron chi connectivity index (χ4n) is 2.10. The lowest BCUT2D eigenvalue weighted by Crippen LogP contribution is -2.30. The molecule has 0 spiro atoms. The smallest absolute Gasteiger partial charge is 0.300 e. The number of aryl methyl sites for hydroxylation is 1. The first kappa shape index (κ1) is 15.8. The molecule has 21 heavy (non-hydrogen) atoms. The summed E-state index contributed by atoms with van der Waals surface area (Å²) in [6.45, 7) is 7.82. The standard InChI is InChI=1S/C15H21N3O2S/c1-10(2)18(9-13-5-4-6-21-13)8-12-7-14(15(19)17-16)20-11(12)3/h4-7,10H,8-9,16H2,1-3H3,(H,17,19). The number of nitrogens with one attached hydrogen (secondary N) is 1. The van der Waals surface area contributed by atoms with Gasteiger partial charge in [-0.2, -0.15) is 0 Å². The molecule has 2 aromatic rings. The maximum Gasteiger partial charge on any atom is 0.300 e. The Kier molecular flexibility index (Phi) is 5.17. The van der Waals surface area contributed by atoms with Gasteiger partial charge in [0.15, 0.2) is 5.76 Å². The maximum absolute atomic E-state index is 11.5. The highest BCUT2D eigenvalue weighted by atomic mass is 32.1. The van der Waals surface area contributed by atoms with Crippen molar-refractivity contribution in [2.45, 2.75) is 39.9 Å². The Bertz CT molecular complexity index is 590. The number of nitrogens with zero attached hydrogens (tertiary/aromatic N) is 1. The molecule has 0 radical (unpaired) electrons. The molecule has 0 atom stereocenters. The van der Waals surface area contributed by atoms with Crippen LogP contribution in [0.5, 0.6) is 0 Å². The Morgan fingerprint density at radius 3 is 2.81 bits per heavy atom. The van der Waals surface area contributed by atoms with E-state index in [4.69, 9.17) is 10.3 Å². The van der Waals surface area contributed by atoms with Crippen LogP contribution in [0.15, 0.2) is 28.0 Å². The minimum Gasteiger partial charge on any atom is -0.456 e. The molecule has 0 aliphatic rings. The largest absolute Gasteiger partial charge is 0.456 e. The summed E-state index contributed by atoms with van der Waals surface area (Å²) in [6.07, 6.45) is 0. The lowest BCUT2D eigenvalue weighted by atomic mass is 10.2. The molecule has 114 valence electrons. The van der Waals surface area contributed by atoms with Crippen molar-refractivity contribution in [2.75, 3.05) is 0 Å². The lowest BCUT2D eigenvalue weighted by Gasteiger charge is -2.25. The van der Waals surface area contributed by atoms with Crippen LogP contribution in [0.3, 0.4) is 0 Å². The van der Waals surface area contributed by atoms with Crippen LogP contribution in [0.2, 0.25) is 0 Å². The van der Waals surface area contributed by atoms with Crippen LogP contribution in [0.1, 0.15) is 40.6 Å². The van der Waals surface area contributed by atoms with Crippen LogP contribution in [-0.2, 0) is 13.1 Å². The van der Waals surface area contributed by atoms with Gasteiger partial charge in [-0.3, -0.25) is 15.1 Å². The number of furan rings is 1. The Morgan fingerprint density at radius 1 is 1.48 bits per heavy atom. The van der Waals surface area contributed by atoms with E-state index in [1.54, 1.807) is 17.4 Å². The van der Waals surface area contributed by atoms with Crippen molar-refractivity contribution < 1.29 is 9.21 Å². The third kappa shape index (κ3) is 3.93. The number of amides is 1. The quantitative estimate of drug-likeness (QED) is 0.489. The fourth-order valence-corrected chi connectivity index (χ4v) is 2.83. The second-order valence-electron chi connectivity index (χ2n) is 5.24. The third-order valence-electron chi connectivity index (χ3n) is 3.42. The highest BCUT2D eigenvalue weighted by Crippen LogP contribution is 2.21. The molecule has 5 nitrogen and oxygen atoms in total. The molecule has 0 aliphatic carbocycles. The molecule has 0 saturated carbocycles. The average molecular weight is 307 g/mol. The fraction of sp³-hybridized carbons (Fsp3) is 0.400. The number of hydrogen-bond acceptors (Lipinski definition) is 5. The highest BCUT2D eigenvalue weighted by molar-refractivity contribution is 7.09. The molecule has 2 aromatic heterocycles. The number of nitrogen functional groups attached to an aromatic ring is 1. The Balaban J connectivity index is 2.13. The van der Waals surface area contributed by atoms with E-state index in [0.29, 0.717) is 6.04 Å². The number of rotatable bonds is 6. The molecule has 0 saturated heterocycles. The minimum atomic E-state index is -0.404. The number of hydrogen-bond donors (Lipinski definition) is 2. The van der Waals surface area contributed by atoms with Crippen molar-refractivity contribution >= 4 is 17.2 Å². The second-order valence-corrected chi connectivity index (χ2v) is 6.28. The zero-order chi connectivity index (χ0) is 15.4. The third-order valence-corrected chi connectivity index (χ3v) is 4.28. The van der Waals surface area contributed by atoms with Gasteiger partial charge in [-0.05, 0) is 38.3 Å². The summed E-state index contributed by atoms with van der Waals surface area (Å²) in [4.78, 5) is 15.2. The van der Waals surface area contributed by atoms with Gasteiger partial charge in [0.2, 0.25) is 0 Å². The van der Waals surface area contributed by atoms with Crippen LogP contribution < -0.4 is 11.3 Å². The average Bonchev–Trinajstić information content (AvgIpc) is 3.07. The number of carbonyl (C=O) groups is 1. The summed E-state index contributed by atoms with van der Waals surface area (Å²) < 4.78 is 5.47. The first-order chi connectivity index (χ1) is 10.0. The maximum atomic E-state index is 11.5. The normalized spacial score (nSPS) is 11.3. The van der Waals surface area contributed by atoms with Gasteiger partial charge in [-0.15, -0.1) is 11.3 Å². The van der Waals surface area contributed by atoms with Crippen molar-refractivity contribution in [2.24, 2.45) is 5.84 Å². The predicted molar refractivity (Wildman–Crippen MR) is 83.8 cm³/mol. The molecule has 1 amide bonds. The molecular formula is C15H21N3O2S. The Morgan fingerprint density at radius 2 is 2.24 bits per heavy atom. The van der Waals surface area contributed by atoms with Gasteiger partial charge in [0.1, 0.15) is 5.76 Å². The van der Waals surface area contributed by atoms with E-state index in [9.17, 15) is 4.79 Å². The monoisotopic (exact) mass is 307 g/mol. The number of carbonyl (C=O) groups excluding carboxylic acids is 1. The number of thiophene rings is 1. The summed E-state index contributed by atoms with van der Waals surface area (Å²) in [5.41, 5.74) is 3.10. The van der Waals surface area contributed by atoms with E-state index >= 15 is 0 Å². The van der Waals surface area contributed by atoms with Gasteiger partial charge in [-0.1, -0.05) is 6.07 Å². The van der Waals surface area contributed by atoms with Gasteiger partial charge in [0.25, 0.3) is 0 Å². The molecule has 0 fully saturated rings. The molecule has 2 rings (SSSR count). The SMILES string of the molecule is Cc1oc(C(=O)NN)cc1CN(Cc1cccs1)C(C)C. The first-order valence-electron chi connectivity index (χ1n) is 6.88. The molecule has 6 heteroatoms. The predicted octanol–water partition coefficient (Wildman–Crippen LogP) is 2.66. The Labute approximate surface area is 128 Å². The van der Waals surface area contributed by atoms with Crippen LogP contribution >= 0.6 is 11.3 Å². The van der Waals surface area contributed by atoms with Crippen molar-refractivity contribution in [3.8, 4) is 0 Å². The van der Waals surface area contributed by atoms with Gasteiger partial charge < -0.3 is 4.42 Å².